The molecule has 3 aliphatic rings. The minimum Gasteiger partial charge on any atom is -0.381 e. The zero-order valence-corrected chi connectivity index (χ0v) is 12.5. The fourth-order valence-corrected chi connectivity index (χ4v) is 3.79. The summed E-state index contributed by atoms with van der Waals surface area (Å²) in [6.45, 7) is 9.02. The van der Waals surface area contributed by atoms with E-state index in [1.807, 2.05) is 4.90 Å². The average molecular weight is 282 g/mol. The molecule has 0 saturated carbocycles. The molecule has 0 aliphatic carbocycles. The second-order valence-corrected chi connectivity index (χ2v) is 6.54. The standard InChI is InChI=1S/C15H26N2O3/c1-13(18)17-5-2-4-15(12-17)11-16(6-8-20-15)9-14-3-7-19-10-14/h14H,2-12H2,1H3. The van der Waals surface area contributed by atoms with E-state index >= 15 is 0 Å². The highest BCUT2D eigenvalue weighted by atomic mass is 16.5. The lowest BCUT2D eigenvalue weighted by Crippen LogP contribution is -2.60. The molecule has 2 atom stereocenters. The number of amides is 1. The van der Waals surface area contributed by atoms with Crippen LogP contribution in [-0.4, -0.2) is 73.9 Å². The summed E-state index contributed by atoms with van der Waals surface area (Å²) in [7, 11) is 0. The Balaban J connectivity index is 1.59. The van der Waals surface area contributed by atoms with Gasteiger partial charge in [0.1, 0.15) is 0 Å². The van der Waals surface area contributed by atoms with Crippen LogP contribution in [0.3, 0.4) is 0 Å². The summed E-state index contributed by atoms with van der Waals surface area (Å²) in [5.41, 5.74) is -0.123. The quantitative estimate of drug-likeness (QED) is 0.749. The van der Waals surface area contributed by atoms with Crippen LogP contribution in [0.4, 0.5) is 0 Å². The first-order valence-corrected chi connectivity index (χ1v) is 7.86. The van der Waals surface area contributed by atoms with Crippen LogP contribution >= 0.6 is 0 Å². The summed E-state index contributed by atoms with van der Waals surface area (Å²) >= 11 is 0. The van der Waals surface area contributed by atoms with Gasteiger partial charge in [0, 0.05) is 39.7 Å². The van der Waals surface area contributed by atoms with Gasteiger partial charge in [-0.3, -0.25) is 9.69 Å². The molecule has 1 amide bonds. The van der Waals surface area contributed by atoms with Gasteiger partial charge >= 0.3 is 0 Å². The number of hydrogen-bond donors (Lipinski definition) is 0. The van der Waals surface area contributed by atoms with E-state index < -0.39 is 0 Å². The van der Waals surface area contributed by atoms with Crippen LogP contribution in [0.1, 0.15) is 26.2 Å². The predicted octanol–water partition coefficient (Wildman–Crippen LogP) is 0.736. The maximum absolute atomic E-state index is 11.6. The van der Waals surface area contributed by atoms with Gasteiger partial charge in [0.15, 0.2) is 0 Å². The van der Waals surface area contributed by atoms with Crippen LogP contribution in [0.15, 0.2) is 0 Å². The smallest absolute Gasteiger partial charge is 0.219 e. The number of ether oxygens (including phenoxy) is 2. The Morgan fingerprint density at radius 1 is 1.30 bits per heavy atom. The molecule has 0 N–H and O–H groups in total. The first kappa shape index (κ1) is 14.3. The largest absolute Gasteiger partial charge is 0.381 e. The van der Waals surface area contributed by atoms with Crippen molar-refractivity contribution >= 4 is 5.91 Å². The summed E-state index contributed by atoms with van der Waals surface area (Å²) in [4.78, 5) is 16.1. The van der Waals surface area contributed by atoms with E-state index in [9.17, 15) is 4.79 Å². The van der Waals surface area contributed by atoms with Crippen molar-refractivity contribution in [2.24, 2.45) is 5.92 Å². The Morgan fingerprint density at radius 2 is 2.20 bits per heavy atom. The van der Waals surface area contributed by atoms with Crippen LogP contribution in [0.2, 0.25) is 0 Å². The lowest BCUT2D eigenvalue weighted by molar-refractivity contribution is -0.156. The van der Waals surface area contributed by atoms with E-state index in [1.54, 1.807) is 6.92 Å². The van der Waals surface area contributed by atoms with Crippen molar-refractivity contribution in [1.29, 1.82) is 0 Å². The van der Waals surface area contributed by atoms with Gasteiger partial charge in [-0.25, -0.2) is 0 Å². The number of nitrogens with zero attached hydrogens (tertiary/aromatic N) is 2. The van der Waals surface area contributed by atoms with E-state index in [0.29, 0.717) is 5.92 Å². The van der Waals surface area contributed by atoms with Crippen LogP contribution in [0.5, 0.6) is 0 Å². The number of rotatable bonds is 2. The molecule has 5 nitrogen and oxygen atoms in total. The number of morpholine rings is 1. The van der Waals surface area contributed by atoms with E-state index in [2.05, 4.69) is 4.90 Å². The molecule has 20 heavy (non-hydrogen) atoms. The molecular weight excluding hydrogens is 256 g/mol. The maximum Gasteiger partial charge on any atom is 0.219 e. The Bertz CT molecular complexity index is 353. The van der Waals surface area contributed by atoms with Gasteiger partial charge in [0.2, 0.25) is 5.91 Å². The van der Waals surface area contributed by atoms with Crippen molar-refractivity contribution in [3.63, 3.8) is 0 Å². The van der Waals surface area contributed by atoms with Crippen molar-refractivity contribution in [2.45, 2.75) is 31.8 Å². The molecule has 1 spiro atoms. The topological polar surface area (TPSA) is 42.0 Å². The molecule has 3 rings (SSSR count). The van der Waals surface area contributed by atoms with Crippen LogP contribution in [-0.2, 0) is 14.3 Å². The van der Waals surface area contributed by atoms with Crippen molar-refractivity contribution in [3.8, 4) is 0 Å². The lowest BCUT2D eigenvalue weighted by Gasteiger charge is -2.48. The molecule has 0 bridgehead atoms. The monoisotopic (exact) mass is 282 g/mol. The summed E-state index contributed by atoms with van der Waals surface area (Å²) < 4.78 is 11.6. The van der Waals surface area contributed by atoms with E-state index in [4.69, 9.17) is 9.47 Å². The minimum absolute atomic E-state index is 0.123. The fourth-order valence-electron chi connectivity index (χ4n) is 3.79. The van der Waals surface area contributed by atoms with Gasteiger partial charge in [0.25, 0.3) is 0 Å². The molecule has 3 aliphatic heterocycles. The third kappa shape index (κ3) is 3.15. The molecule has 5 heteroatoms. The Morgan fingerprint density at radius 3 is 2.95 bits per heavy atom. The Labute approximate surface area is 121 Å². The highest BCUT2D eigenvalue weighted by Gasteiger charge is 2.41. The number of likely N-dealkylation sites (tertiary alicyclic amines) is 1. The summed E-state index contributed by atoms with van der Waals surface area (Å²) in [6.07, 6.45) is 3.32. The van der Waals surface area contributed by atoms with Gasteiger partial charge in [-0.05, 0) is 25.2 Å². The van der Waals surface area contributed by atoms with Crippen molar-refractivity contribution < 1.29 is 14.3 Å². The molecule has 0 aromatic rings. The van der Waals surface area contributed by atoms with Crippen LogP contribution in [0, 0.1) is 5.92 Å². The third-order valence-corrected chi connectivity index (χ3v) is 4.85. The van der Waals surface area contributed by atoms with Gasteiger partial charge in [0.05, 0.1) is 25.4 Å². The third-order valence-electron chi connectivity index (χ3n) is 4.85. The Hall–Kier alpha value is -0.650. The van der Waals surface area contributed by atoms with E-state index in [1.165, 1.54) is 6.42 Å². The predicted molar refractivity (Wildman–Crippen MR) is 75.5 cm³/mol. The highest BCUT2D eigenvalue weighted by Crippen LogP contribution is 2.30. The molecule has 114 valence electrons. The molecule has 0 aromatic carbocycles. The fraction of sp³-hybridized carbons (Fsp3) is 0.933. The summed E-state index contributed by atoms with van der Waals surface area (Å²) in [5.74, 6) is 0.853. The summed E-state index contributed by atoms with van der Waals surface area (Å²) in [5, 5.41) is 0. The Kier molecular flexibility index (Phi) is 4.29. The second kappa shape index (κ2) is 6.00. The number of carbonyl (C=O) groups excluding carboxylic acids is 1. The van der Waals surface area contributed by atoms with Crippen molar-refractivity contribution in [1.82, 2.24) is 9.80 Å². The van der Waals surface area contributed by atoms with Crippen molar-refractivity contribution in [2.75, 3.05) is 52.5 Å². The SMILES string of the molecule is CC(=O)N1CCCC2(CN(CC3CCOC3)CCO2)C1. The lowest BCUT2D eigenvalue weighted by atomic mass is 9.90. The first-order valence-electron chi connectivity index (χ1n) is 7.86. The molecule has 2 unspecified atom stereocenters. The first-order chi connectivity index (χ1) is 9.67. The minimum atomic E-state index is -0.123. The molecule has 3 saturated heterocycles. The maximum atomic E-state index is 11.6. The molecular formula is C15H26N2O3. The molecule has 3 fully saturated rings. The van der Waals surface area contributed by atoms with Crippen LogP contribution in [0.25, 0.3) is 0 Å². The highest BCUT2D eigenvalue weighted by molar-refractivity contribution is 5.73. The second-order valence-electron chi connectivity index (χ2n) is 6.54. The number of carbonyl (C=O) groups is 1. The zero-order chi connectivity index (χ0) is 14.0. The van der Waals surface area contributed by atoms with Crippen molar-refractivity contribution in [3.05, 3.63) is 0 Å². The summed E-state index contributed by atoms with van der Waals surface area (Å²) in [6, 6.07) is 0. The van der Waals surface area contributed by atoms with Gasteiger partial charge in [-0.1, -0.05) is 0 Å². The van der Waals surface area contributed by atoms with E-state index in [-0.39, 0.29) is 11.5 Å². The normalized spacial score (nSPS) is 35.6. The average Bonchev–Trinajstić information content (AvgIpc) is 2.92. The van der Waals surface area contributed by atoms with E-state index in [0.717, 1.165) is 65.4 Å². The molecule has 0 aromatic heterocycles. The molecule has 3 heterocycles. The van der Waals surface area contributed by atoms with Crippen LogP contribution < -0.4 is 0 Å². The number of hydrogen-bond acceptors (Lipinski definition) is 4. The number of piperidine rings is 1. The zero-order valence-electron chi connectivity index (χ0n) is 12.5. The van der Waals surface area contributed by atoms with Gasteiger partial charge in [-0.15, -0.1) is 0 Å². The van der Waals surface area contributed by atoms with Gasteiger partial charge in [-0.2, -0.15) is 0 Å². The van der Waals surface area contributed by atoms with Gasteiger partial charge < -0.3 is 14.4 Å². The molecule has 0 radical (unpaired) electrons.